The first-order valence-electron chi connectivity index (χ1n) is 9.56. The first kappa shape index (κ1) is 17.8. The van der Waals surface area contributed by atoms with Gasteiger partial charge in [0.05, 0.1) is 23.3 Å². The lowest BCUT2D eigenvalue weighted by Gasteiger charge is -2.30. The van der Waals surface area contributed by atoms with Gasteiger partial charge in [-0.05, 0) is 38.7 Å². The molecule has 3 heterocycles. The zero-order valence-electron chi connectivity index (χ0n) is 15.7. The largest absolute Gasteiger partial charge is 0.450 e. The van der Waals surface area contributed by atoms with Crippen molar-refractivity contribution in [2.45, 2.75) is 44.4 Å². The number of nitrogens with zero attached hydrogens (tertiary/aromatic N) is 3. The van der Waals surface area contributed by atoms with Crippen LogP contribution in [0.25, 0.3) is 11.1 Å². The monoisotopic (exact) mass is 372 g/mol. The van der Waals surface area contributed by atoms with Gasteiger partial charge in [0.2, 0.25) is 0 Å². The fourth-order valence-corrected chi connectivity index (χ4v) is 3.72. The van der Waals surface area contributed by atoms with Gasteiger partial charge in [-0.25, -0.2) is 9.78 Å². The second-order valence-electron chi connectivity index (χ2n) is 7.16. The third-order valence-electron chi connectivity index (χ3n) is 5.37. The molecule has 0 unspecified atom stereocenters. The predicted octanol–water partition coefficient (Wildman–Crippen LogP) is 2.80. The molecule has 27 heavy (non-hydrogen) atoms. The number of rotatable bonds is 4. The summed E-state index contributed by atoms with van der Waals surface area (Å²) in [4.78, 5) is 30.7. The van der Waals surface area contributed by atoms with E-state index in [1.807, 2.05) is 6.07 Å². The summed E-state index contributed by atoms with van der Waals surface area (Å²) in [6, 6.07) is 1.88. The Morgan fingerprint density at radius 2 is 2.00 bits per heavy atom. The van der Waals surface area contributed by atoms with Crippen LogP contribution in [0.5, 0.6) is 0 Å². The molecule has 1 aliphatic carbocycles. The molecule has 2 fully saturated rings. The molecule has 8 nitrogen and oxygen atoms in total. The molecule has 2 aromatic rings. The van der Waals surface area contributed by atoms with E-state index in [-0.39, 0.29) is 17.9 Å². The summed E-state index contributed by atoms with van der Waals surface area (Å²) in [5.74, 6) is 0.380. The summed E-state index contributed by atoms with van der Waals surface area (Å²) in [7, 11) is 1.62. The Balaban J connectivity index is 1.63. The minimum Gasteiger partial charge on any atom is -0.450 e. The van der Waals surface area contributed by atoms with Crippen LogP contribution in [0.3, 0.4) is 0 Å². The van der Waals surface area contributed by atoms with Crippen LogP contribution in [0, 0.1) is 0 Å². The molecular weight excluding hydrogens is 348 g/mol. The number of fused-ring (bicyclic) bond motifs is 1. The van der Waals surface area contributed by atoms with E-state index < -0.39 is 0 Å². The average Bonchev–Trinajstić information content (AvgIpc) is 3.46. The topological polar surface area (TPSA) is 97.6 Å². The van der Waals surface area contributed by atoms with Gasteiger partial charge >= 0.3 is 6.09 Å². The second-order valence-corrected chi connectivity index (χ2v) is 7.16. The maximum absolute atomic E-state index is 12.5. The van der Waals surface area contributed by atoms with Crippen molar-refractivity contribution in [1.82, 2.24) is 20.4 Å². The number of likely N-dealkylation sites (tertiary alicyclic amines) is 1. The fraction of sp³-hybridized carbons (Fsp3) is 0.579. The van der Waals surface area contributed by atoms with Crippen molar-refractivity contribution in [3.8, 4) is 0 Å². The second kappa shape index (κ2) is 7.17. The molecule has 0 spiro atoms. The van der Waals surface area contributed by atoms with E-state index in [9.17, 15) is 9.59 Å². The predicted molar refractivity (Wildman–Crippen MR) is 97.7 cm³/mol. The summed E-state index contributed by atoms with van der Waals surface area (Å²) >= 11 is 0. The number of carbonyl (C=O) groups is 2. The highest BCUT2D eigenvalue weighted by Gasteiger charge is 2.32. The van der Waals surface area contributed by atoms with Crippen molar-refractivity contribution >= 4 is 23.1 Å². The van der Waals surface area contributed by atoms with Crippen molar-refractivity contribution in [2.24, 2.45) is 0 Å². The Kier molecular flexibility index (Phi) is 4.72. The Morgan fingerprint density at radius 3 is 2.63 bits per heavy atom. The van der Waals surface area contributed by atoms with E-state index in [0.717, 1.165) is 37.1 Å². The molecular formula is C19H24N4O4. The van der Waals surface area contributed by atoms with Gasteiger partial charge in [-0.3, -0.25) is 4.79 Å². The van der Waals surface area contributed by atoms with Gasteiger partial charge in [0.1, 0.15) is 0 Å². The normalized spacial score (nSPS) is 17.9. The fourth-order valence-electron chi connectivity index (χ4n) is 3.72. The first-order valence-corrected chi connectivity index (χ1v) is 9.56. The van der Waals surface area contributed by atoms with Crippen molar-refractivity contribution < 1.29 is 18.8 Å². The number of aromatic nitrogens is 2. The van der Waals surface area contributed by atoms with Crippen LogP contribution in [0.2, 0.25) is 0 Å². The van der Waals surface area contributed by atoms with E-state index in [2.05, 4.69) is 15.5 Å². The van der Waals surface area contributed by atoms with Gasteiger partial charge in [0, 0.05) is 37.7 Å². The molecule has 2 aromatic heterocycles. The van der Waals surface area contributed by atoms with Crippen LogP contribution >= 0.6 is 0 Å². The Hall–Kier alpha value is -2.64. The van der Waals surface area contributed by atoms with E-state index in [0.29, 0.717) is 42.3 Å². The van der Waals surface area contributed by atoms with E-state index in [1.165, 1.54) is 0 Å². The summed E-state index contributed by atoms with van der Waals surface area (Å²) < 4.78 is 10.6. The number of nitrogens with one attached hydrogen (secondary N) is 1. The van der Waals surface area contributed by atoms with E-state index in [1.54, 1.807) is 18.9 Å². The molecule has 2 aliphatic rings. The number of hydrogen-bond acceptors (Lipinski definition) is 6. The number of hydrogen-bond donors (Lipinski definition) is 1. The standard InChI is InChI=1S/C19H24N4O4/c1-3-26-19(25)23-8-6-12(7-9-23)16-15-13(17(24)20-2)10-14(11-4-5-11)21-18(15)27-22-16/h10-12H,3-9H2,1-2H3,(H,20,24). The molecule has 1 saturated carbocycles. The molecule has 0 radical (unpaired) electrons. The van der Waals surface area contributed by atoms with Gasteiger partial charge < -0.3 is 19.5 Å². The van der Waals surface area contributed by atoms with Crippen molar-refractivity contribution in [1.29, 1.82) is 0 Å². The van der Waals surface area contributed by atoms with Crippen LogP contribution in [0.15, 0.2) is 10.6 Å². The summed E-state index contributed by atoms with van der Waals surface area (Å²) in [5, 5.41) is 7.68. The number of pyridine rings is 1. The maximum atomic E-state index is 12.5. The summed E-state index contributed by atoms with van der Waals surface area (Å²) in [6.45, 7) is 3.37. The number of carbonyl (C=O) groups excluding carboxylic acids is 2. The summed E-state index contributed by atoms with van der Waals surface area (Å²) in [6.07, 6.45) is 3.41. The van der Waals surface area contributed by atoms with Gasteiger partial charge in [-0.15, -0.1) is 0 Å². The van der Waals surface area contributed by atoms with E-state index in [4.69, 9.17) is 9.26 Å². The third kappa shape index (κ3) is 3.36. The van der Waals surface area contributed by atoms with Gasteiger partial charge in [-0.2, -0.15) is 0 Å². The van der Waals surface area contributed by atoms with Crippen molar-refractivity contribution in [2.75, 3.05) is 26.7 Å². The number of amides is 2. The minimum absolute atomic E-state index is 0.119. The average molecular weight is 372 g/mol. The van der Waals surface area contributed by atoms with Crippen molar-refractivity contribution in [3.63, 3.8) is 0 Å². The maximum Gasteiger partial charge on any atom is 0.409 e. The van der Waals surface area contributed by atoms with Gasteiger partial charge in [-0.1, -0.05) is 5.16 Å². The molecule has 8 heteroatoms. The molecule has 0 aromatic carbocycles. The molecule has 144 valence electrons. The quantitative estimate of drug-likeness (QED) is 0.886. The third-order valence-corrected chi connectivity index (χ3v) is 5.37. The minimum atomic E-state index is -0.275. The van der Waals surface area contributed by atoms with Gasteiger partial charge in [0.25, 0.3) is 11.6 Å². The molecule has 4 rings (SSSR count). The van der Waals surface area contributed by atoms with Crippen LogP contribution < -0.4 is 5.32 Å². The Morgan fingerprint density at radius 1 is 1.26 bits per heavy atom. The number of piperidine rings is 1. The van der Waals surface area contributed by atoms with Crippen molar-refractivity contribution in [3.05, 3.63) is 23.0 Å². The molecule has 2 amide bonds. The Bertz CT molecular complexity index is 866. The Labute approximate surface area is 157 Å². The highest BCUT2D eigenvalue weighted by atomic mass is 16.6. The van der Waals surface area contributed by atoms with Gasteiger partial charge in [0.15, 0.2) is 0 Å². The smallest absolute Gasteiger partial charge is 0.409 e. The molecule has 0 atom stereocenters. The molecule has 1 N–H and O–H groups in total. The molecule has 1 aliphatic heterocycles. The lowest BCUT2D eigenvalue weighted by atomic mass is 9.90. The van der Waals surface area contributed by atoms with E-state index >= 15 is 0 Å². The molecule has 1 saturated heterocycles. The number of ether oxygens (including phenoxy) is 1. The highest BCUT2D eigenvalue weighted by Crippen LogP contribution is 2.41. The van der Waals surface area contributed by atoms with Crippen LogP contribution in [0.4, 0.5) is 4.79 Å². The zero-order valence-corrected chi connectivity index (χ0v) is 15.7. The lowest BCUT2D eigenvalue weighted by molar-refractivity contribution is 0.0961. The SMILES string of the molecule is CCOC(=O)N1CCC(c2noc3nc(C4CC4)cc(C(=O)NC)c23)CC1. The molecule has 0 bridgehead atoms. The summed E-state index contributed by atoms with van der Waals surface area (Å²) in [5.41, 5.74) is 2.68. The first-order chi connectivity index (χ1) is 13.1. The highest BCUT2D eigenvalue weighted by molar-refractivity contribution is 6.06. The van der Waals surface area contributed by atoms with Crippen LogP contribution in [-0.4, -0.2) is 53.8 Å². The van der Waals surface area contributed by atoms with Crippen LogP contribution in [-0.2, 0) is 4.74 Å². The zero-order chi connectivity index (χ0) is 19.0. The lowest BCUT2D eigenvalue weighted by Crippen LogP contribution is -2.38. The van der Waals surface area contributed by atoms with Crippen LogP contribution in [0.1, 0.15) is 66.2 Å².